The van der Waals surface area contributed by atoms with E-state index in [-0.39, 0.29) is 31.1 Å². The van der Waals surface area contributed by atoms with Crippen LogP contribution in [0.1, 0.15) is 278 Å². The van der Waals surface area contributed by atoms with Crippen LogP contribution >= 0.6 is 0 Å². The SMILES string of the molecule is CC/C=C\C/C=C\C/C=C\CCCCCC(=O)OCC(COC(=O)CCCCCCCCC/C=C\CCCCCCCCC)OC(=O)CCCCCCCCCCCCCCCC. The van der Waals surface area contributed by atoms with Crippen LogP contribution in [0.15, 0.2) is 48.6 Å². The van der Waals surface area contributed by atoms with Gasteiger partial charge in [0.15, 0.2) is 6.10 Å². The van der Waals surface area contributed by atoms with Crippen molar-refractivity contribution in [3.05, 3.63) is 48.6 Å². The molecule has 63 heavy (non-hydrogen) atoms. The zero-order valence-electron chi connectivity index (χ0n) is 41.8. The number of ether oxygens (including phenoxy) is 3. The first-order chi connectivity index (χ1) is 31.0. The van der Waals surface area contributed by atoms with Gasteiger partial charge in [-0.25, -0.2) is 0 Å². The molecule has 1 atom stereocenters. The molecule has 0 fully saturated rings. The van der Waals surface area contributed by atoms with Crippen LogP contribution in [-0.4, -0.2) is 37.2 Å². The Balaban J connectivity index is 4.37. The summed E-state index contributed by atoms with van der Waals surface area (Å²) in [6, 6.07) is 0. The van der Waals surface area contributed by atoms with Crippen molar-refractivity contribution in [2.45, 2.75) is 284 Å². The summed E-state index contributed by atoms with van der Waals surface area (Å²) < 4.78 is 16.8. The van der Waals surface area contributed by atoms with E-state index in [1.807, 2.05) is 0 Å². The van der Waals surface area contributed by atoms with Gasteiger partial charge in [-0.15, -0.1) is 0 Å². The van der Waals surface area contributed by atoms with Crippen molar-refractivity contribution >= 4 is 17.9 Å². The highest BCUT2D eigenvalue weighted by molar-refractivity contribution is 5.71. The van der Waals surface area contributed by atoms with E-state index in [0.29, 0.717) is 19.3 Å². The van der Waals surface area contributed by atoms with Crippen molar-refractivity contribution in [1.29, 1.82) is 0 Å². The van der Waals surface area contributed by atoms with Crippen molar-refractivity contribution in [2.24, 2.45) is 0 Å². The minimum absolute atomic E-state index is 0.0823. The second kappa shape index (κ2) is 52.0. The molecule has 0 aromatic carbocycles. The van der Waals surface area contributed by atoms with Gasteiger partial charge in [0, 0.05) is 19.3 Å². The molecule has 1 unspecified atom stereocenters. The molecule has 0 spiro atoms. The first kappa shape index (κ1) is 60.4. The molecule has 0 rings (SSSR count). The van der Waals surface area contributed by atoms with Gasteiger partial charge in [-0.1, -0.05) is 230 Å². The molecule has 0 aliphatic carbocycles. The van der Waals surface area contributed by atoms with Crippen LogP contribution in [-0.2, 0) is 28.6 Å². The van der Waals surface area contributed by atoms with Crippen LogP contribution < -0.4 is 0 Å². The van der Waals surface area contributed by atoms with E-state index in [4.69, 9.17) is 14.2 Å². The molecule has 0 saturated carbocycles. The summed E-state index contributed by atoms with van der Waals surface area (Å²) in [5.41, 5.74) is 0. The molecule has 0 saturated heterocycles. The van der Waals surface area contributed by atoms with Crippen molar-refractivity contribution in [1.82, 2.24) is 0 Å². The molecule has 0 N–H and O–H groups in total. The molecule has 0 radical (unpaired) electrons. The Labute approximate surface area is 390 Å². The van der Waals surface area contributed by atoms with Crippen molar-refractivity contribution in [3.8, 4) is 0 Å². The molecule has 366 valence electrons. The quantitative estimate of drug-likeness (QED) is 0.0262. The smallest absolute Gasteiger partial charge is 0.306 e. The zero-order valence-corrected chi connectivity index (χ0v) is 41.8. The van der Waals surface area contributed by atoms with Gasteiger partial charge in [0.1, 0.15) is 13.2 Å². The van der Waals surface area contributed by atoms with Crippen LogP contribution in [0.4, 0.5) is 0 Å². The average Bonchev–Trinajstić information content (AvgIpc) is 3.28. The summed E-state index contributed by atoms with van der Waals surface area (Å²) in [5.74, 6) is -0.906. The third kappa shape index (κ3) is 50.2. The fraction of sp³-hybridized carbons (Fsp3) is 0.807. The number of hydrogen-bond donors (Lipinski definition) is 0. The number of allylic oxidation sites excluding steroid dienone is 8. The number of rotatable bonds is 49. The molecule has 0 aliphatic heterocycles. The maximum absolute atomic E-state index is 12.8. The molecule has 0 heterocycles. The number of carbonyl (C=O) groups excluding carboxylic acids is 3. The lowest BCUT2D eigenvalue weighted by Crippen LogP contribution is -2.30. The maximum atomic E-state index is 12.8. The third-order valence-electron chi connectivity index (χ3n) is 11.8. The predicted octanol–water partition coefficient (Wildman–Crippen LogP) is 17.9. The van der Waals surface area contributed by atoms with Crippen molar-refractivity contribution in [2.75, 3.05) is 13.2 Å². The Kier molecular flexibility index (Phi) is 49.8. The molecule has 6 heteroatoms. The standard InChI is InChI=1S/C57H102O6/c1-4-7-10-13-16-19-22-25-27-28-29-30-33-35-38-41-44-47-50-56(59)62-53-54(52-61-55(58)49-46-43-40-37-34-31-24-21-18-15-12-9-6-3)63-57(60)51-48-45-42-39-36-32-26-23-20-17-14-11-8-5-2/h9,12,18,21,27-28,31,34,54H,4-8,10-11,13-17,19-20,22-26,29-30,32-33,35-53H2,1-3H3/b12-9-,21-18-,28-27-,34-31-. The molecule has 0 aliphatic rings. The number of carbonyl (C=O) groups is 3. The van der Waals surface area contributed by atoms with Crippen LogP contribution in [0.2, 0.25) is 0 Å². The summed E-state index contributed by atoms with van der Waals surface area (Å²) in [7, 11) is 0. The van der Waals surface area contributed by atoms with E-state index in [1.165, 1.54) is 154 Å². The second-order valence-corrected chi connectivity index (χ2v) is 18.1. The summed E-state index contributed by atoms with van der Waals surface area (Å²) in [6.07, 6.45) is 62.4. The molecule has 0 bridgehead atoms. The lowest BCUT2D eigenvalue weighted by atomic mass is 10.0. The van der Waals surface area contributed by atoms with Gasteiger partial charge in [0.05, 0.1) is 0 Å². The Morgan fingerprint density at radius 3 is 1.00 bits per heavy atom. The highest BCUT2D eigenvalue weighted by atomic mass is 16.6. The van der Waals surface area contributed by atoms with Crippen LogP contribution in [0.25, 0.3) is 0 Å². The lowest BCUT2D eigenvalue weighted by Gasteiger charge is -2.18. The summed E-state index contributed by atoms with van der Waals surface area (Å²) >= 11 is 0. The van der Waals surface area contributed by atoms with E-state index in [9.17, 15) is 14.4 Å². The Morgan fingerprint density at radius 1 is 0.333 bits per heavy atom. The van der Waals surface area contributed by atoms with Crippen LogP contribution in [0.5, 0.6) is 0 Å². The van der Waals surface area contributed by atoms with Gasteiger partial charge in [0.2, 0.25) is 0 Å². The monoisotopic (exact) mass is 883 g/mol. The van der Waals surface area contributed by atoms with Crippen molar-refractivity contribution in [3.63, 3.8) is 0 Å². The maximum Gasteiger partial charge on any atom is 0.306 e. The predicted molar refractivity (Wildman–Crippen MR) is 270 cm³/mol. The second-order valence-electron chi connectivity index (χ2n) is 18.1. The minimum atomic E-state index is -0.783. The fourth-order valence-corrected chi connectivity index (χ4v) is 7.75. The molecule has 0 aromatic rings. The topological polar surface area (TPSA) is 78.9 Å². The molecule has 0 aromatic heterocycles. The average molecular weight is 883 g/mol. The van der Waals surface area contributed by atoms with Gasteiger partial charge >= 0.3 is 17.9 Å². The number of esters is 3. The molecular formula is C57H102O6. The van der Waals surface area contributed by atoms with Gasteiger partial charge in [-0.05, 0) is 77.0 Å². The Morgan fingerprint density at radius 2 is 0.619 bits per heavy atom. The Bertz CT molecular complexity index is 1110. The molecule has 0 amide bonds. The van der Waals surface area contributed by atoms with E-state index >= 15 is 0 Å². The first-order valence-corrected chi connectivity index (χ1v) is 27.1. The van der Waals surface area contributed by atoms with Crippen LogP contribution in [0, 0.1) is 0 Å². The van der Waals surface area contributed by atoms with E-state index in [2.05, 4.69) is 69.4 Å². The van der Waals surface area contributed by atoms with Gasteiger partial charge in [-0.3, -0.25) is 14.4 Å². The number of unbranched alkanes of at least 4 members (excludes halogenated alkanes) is 30. The lowest BCUT2D eigenvalue weighted by molar-refractivity contribution is -0.167. The minimum Gasteiger partial charge on any atom is -0.462 e. The normalized spacial score (nSPS) is 12.4. The third-order valence-corrected chi connectivity index (χ3v) is 11.8. The van der Waals surface area contributed by atoms with E-state index in [0.717, 1.165) is 83.5 Å². The largest absolute Gasteiger partial charge is 0.462 e. The molecular weight excluding hydrogens is 781 g/mol. The fourth-order valence-electron chi connectivity index (χ4n) is 7.75. The zero-order chi connectivity index (χ0) is 45.8. The summed E-state index contributed by atoms with van der Waals surface area (Å²) in [5, 5.41) is 0. The van der Waals surface area contributed by atoms with Gasteiger partial charge in [0.25, 0.3) is 0 Å². The van der Waals surface area contributed by atoms with Gasteiger partial charge in [-0.2, -0.15) is 0 Å². The highest BCUT2D eigenvalue weighted by Crippen LogP contribution is 2.16. The summed E-state index contributed by atoms with van der Waals surface area (Å²) in [6.45, 7) is 6.52. The van der Waals surface area contributed by atoms with Crippen LogP contribution in [0.3, 0.4) is 0 Å². The number of hydrogen-bond acceptors (Lipinski definition) is 6. The van der Waals surface area contributed by atoms with Crippen molar-refractivity contribution < 1.29 is 28.6 Å². The first-order valence-electron chi connectivity index (χ1n) is 27.1. The summed E-state index contributed by atoms with van der Waals surface area (Å²) in [4.78, 5) is 38.0. The van der Waals surface area contributed by atoms with E-state index in [1.54, 1.807) is 0 Å². The van der Waals surface area contributed by atoms with E-state index < -0.39 is 6.10 Å². The highest BCUT2D eigenvalue weighted by Gasteiger charge is 2.19. The molecule has 6 nitrogen and oxygen atoms in total. The van der Waals surface area contributed by atoms with Gasteiger partial charge < -0.3 is 14.2 Å². The Hall–Kier alpha value is -2.63.